The Morgan fingerprint density at radius 1 is 1.33 bits per heavy atom. The van der Waals surface area contributed by atoms with E-state index in [4.69, 9.17) is 0 Å². The highest BCUT2D eigenvalue weighted by atomic mass is 32.3. The Labute approximate surface area is 90.4 Å². The van der Waals surface area contributed by atoms with Gasteiger partial charge in [-0.1, -0.05) is 0 Å². The third-order valence-electron chi connectivity index (χ3n) is 2.01. The van der Waals surface area contributed by atoms with Crippen LogP contribution < -0.4 is 10.0 Å². The van der Waals surface area contributed by atoms with Gasteiger partial charge in [0.15, 0.2) is 14.9 Å². The van der Waals surface area contributed by atoms with E-state index in [1.54, 1.807) is 0 Å². The number of piperidine rings is 1. The summed E-state index contributed by atoms with van der Waals surface area (Å²) >= 11 is 0. The van der Waals surface area contributed by atoms with Crippen LogP contribution in [-0.2, 0) is 19.9 Å². The van der Waals surface area contributed by atoms with Gasteiger partial charge in [-0.15, -0.1) is 0 Å². The van der Waals surface area contributed by atoms with Crippen LogP contribution >= 0.6 is 0 Å². The minimum atomic E-state index is -3.72. The van der Waals surface area contributed by atoms with Crippen molar-refractivity contribution in [2.24, 2.45) is 0 Å². The molecule has 1 heterocycles. The Morgan fingerprint density at radius 2 is 2.00 bits per heavy atom. The fourth-order valence-electron chi connectivity index (χ4n) is 1.52. The maximum Gasteiger partial charge on any atom is 0.226 e. The quantitative estimate of drug-likeness (QED) is 0.649. The van der Waals surface area contributed by atoms with Crippen molar-refractivity contribution in [2.75, 3.05) is 24.4 Å². The molecule has 0 unspecified atom stereocenters. The Hall–Kier alpha value is -0.180. The van der Waals surface area contributed by atoms with Crippen molar-refractivity contribution < 1.29 is 16.8 Å². The Kier molecular flexibility index (Phi) is 4.10. The maximum atomic E-state index is 11.4. The minimum Gasteiger partial charge on any atom is -0.315 e. The van der Waals surface area contributed by atoms with E-state index in [0.717, 1.165) is 25.6 Å². The van der Waals surface area contributed by atoms with Crippen LogP contribution in [0.4, 0.5) is 0 Å². The van der Waals surface area contributed by atoms with Crippen LogP contribution in [0.5, 0.6) is 0 Å². The Morgan fingerprint density at radius 3 is 2.47 bits per heavy atom. The number of rotatable bonds is 4. The molecule has 90 valence electrons. The number of sulfone groups is 1. The van der Waals surface area contributed by atoms with Crippen molar-refractivity contribution in [2.45, 2.75) is 18.9 Å². The zero-order valence-electron chi connectivity index (χ0n) is 8.56. The molecule has 1 atom stereocenters. The molecule has 0 bridgehead atoms. The Bertz CT molecular complexity index is 395. The van der Waals surface area contributed by atoms with Crippen LogP contribution in [0.3, 0.4) is 0 Å². The predicted molar refractivity (Wildman–Crippen MR) is 57.7 cm³/mol. The average molecular weight is 256 g/mol. The molecule has 8 heteroatoms. The van der Waals surface area contributed by atoms with Crippen molar-refractivity contribution in [3.63, 3.8) is 0 Å². The van der Waals surface area contributed by atoms with E-state index in [0.29, 0.717) is 6.54 Å². The lowest BCUT2D eigenvalue weighted by molar-refractivity contribution is 0.429. The highest BCUT2D eigenvalue weighted by molar-refractivity contribution is 8.06. The summed E-state index contributed by atoms with van der Waals surface area (Å²) < 4.78 is 46.9. The molecular weight excluding hydrogens is 240 g/mol. The summed E-state index contributed by atoms with van der Waals surface area (Å²) in [4.78, 5) is 0. The maximum absolute atomic E-state index is 11.4. The summed E-state index contributed by atoms with van der Waals surface area (Å²) in [5.74, 6) is 0. The monoisotopic (exact) mass is 256 g/mol. The van der Waals surface area contributed by atoms with E-state index in [2.05, 4.69) is 10.0 Å². The molecular formula is C7H16N2O4S2. The molecule has 0 aromatic heterocycles. The summed E-state index contributed by atoms with van der Waals surface area (Å²) in [7, 11) is -7.22. The van der Waals surface area contributed by atoms with Gasteiger partial charge in [0.1, 0.15) is 0 Å². The lowest BCUT2D eigenvalue weighted by Crippen LogP contribution is -2.46. The molecule has 1 rings (SSSR count). The van der Waals surface area contributed by atoms with E-state index in [1.165, 1.54) is 0 Å². The molecule has 6 nitrogen and oxygen atoms in total. The van der Waals surface area contributed by atoms with Gasteiger partial charge in [0.25, 0.3) is 0 Å². The average Bonchev–Trinajstić information content (AvgIpc) is 1.99. The first-order valence-electron chi connectivity index (χ1n) is 4.67. The van der Waals surface area contributed by atoms with Gasteiger partial charge in [0, 0.05) is 18.8 Å². The van der Waals surface area contributed by atoms with Gasteiger partial charge in [0.05, 0.1) is 0 Å². The summed E-state index contributed by atoms with van der Waals surface area (Å²) in [6.45, 7) is 1.44. The number of sulfonamides is 1. The second-order valence-electron chi connectivity index (χ2n) is 3.82. The second-order valence-corrected chi connectivity index (χ2v) is 8.08. The summed E-state index contributed by atoms with van der Waals surface area (Å²) in [5.41, 5.74) is 0. The van der Waals surface area contributed by atoms with Crippen molar-refractivity contribution in [1.82, 2.24) is 10.0 Å². The first-order valence-corrected chi connectivity index (χ1v) is 8.38. The molecule has 0 aromatic rings. The smallest absolute Gasteiger partial charge is 0.226 e. The van der Waals surface area contributed by atoms with Crippen molar-refractivity contribution >= 4 is 19.9 Å². The normalized spacial score (nSPS) is 23.9. The van der Waals surface area contributed by atoms with E-state index in [-0.39, 0.29) is 6.04 Å². The molecule has 15 heavy (non-hydrogen) atoms. The molecule has 0 radical (unpaired) electrons. The minimum absolute atomic E-state index is 0.189. The topological polar surface area (TPSA) is 92.3 Å². The zero-order chi connectivity index (χ0) is 11.5. The molecule has 2 N–H and O–H groups in total. The number of hydrogen-bond donors (Lipinski definition) is 2. The van der Waals surface area contributed by atoms with Crippen LogP contribution in [-0.4, -0.2) is 47.3 Å². The Balaban J connectivity index is 2.56. The molecule has 0 aromatic carbocycles. The van der Waals surface area contributed by atoms with E-state index >= 15 is 0 Å². The second kappa shape index (κ2) is 4.77. The van der Waals surface area contributed by atoms with E-state index in [9.17, 15) is 16.8 Å². The number of hydrogen-bond acceptors (Lipinski definition) is 5. The van der Waals surface area contributed by atoms with Gasteiger partial charge < -0.3 is 5.32 Å². The molecule has 0 saturated carbocycles. The molecule has 1 saturated heterocycles. The zero-order valence-corrected chi connectivity index (χ0v) is 10.2. The molecule has 1 aliphatic rings. The third kappa shape index (κ3) is 5.45. The largest absolute Gasteiger partial charge is 0.315 e. The van der Waals surface area contributed by atoms with E-state index in [1.807, 2.05) is 0 Å². The van der Waals surface area contributed by atoms with Crippen LogP contribution in [0.15, 0.2) is 0 Å². The molecule has 0 aliphatic carbocycles. The number of nitrogens with one attached hydrogen (secondary N) is 2. The van der Waals surface area contributed by atoms with Gasteiger partial charge in [-0.2, -0.15) is 0 Å². The third-order valence-corrected chi connectivity index (χ3v) is 5.66. The predicted octanol–water partition coefficient (Wildman–Crippen LogP) is -1.34. The van der Waals surface area contributed by atoms with Crippen LogP contribution in [0.2, 0.25) is 0 Å². The van der Waals surface area contributed by atoms with E-state index < -0.39 is 24.9 Å². The van der Waals surface area contributed by atoms with Gasteiger partial charge in [0.2, 0.25) is 10.0 Å². The molecule has 1 fully saturated rings. The summed E-state index contributed by atoms with van der Waals surface area (Å²) in [5, 5.41) is 2.21. The molecule has 0 spiro atoms. The fraction of sp³-hybridized carbons (Fsp3) is 1.00. The van der Waals surface area contributed by atoms with Gasteiger partial charge in [-0.25, -0.2) is 21.6 Å². The summed E-state index contributed by atoms with van der Waals surface area (Å²) in [6.07, 6.45) is 2.55. The fourth-order valence-corrected chi connectivity index (χ4v) is 4.76. The van der Waals surface area contributed by atoms with Crippen LogP contribution in [0.25, 0.3) is 0 Å². The van der Waals surface area contributed by atoms with Gasteiger partial charge in [-0.3, -0.25) is 0 Å². The molecule has 1 aliphatic heterocycles. The SMILES string of the molecule is CS(=O)(=O)CS(=O)(=O)N[C@@H]1CCCNC1. The first-order chi connectivity index (χ1) is 6.79. The van der Waals surface area contributed by atoms with Crippen molar-refractivity contribution in [3.8, 4) is 0 Å². The lowest BCUT2D eigenvalue weighted by Gasteiger charge is -2.23. The van der Waals surface area contributed by atoms with Gasteiger partial charge >= 0.3 is 0 Å². The molecule has 0 amide bonds. The van der Waals surface area contributed by atoms with Gasteiger partial charge in [-0.05, 0) is 19.4 Å². The van der Waals surface area contributed by atoms with Crippen LogP contribution in [0.1, 0.15) is 12.8 Å². The van der Waals surface area contributed by atoms with Crippen LogP contribution in [0, 0.1) is 0 Å². The van der Waals surface area contributed by atoms with Crippen molar-refractivity contribution in [1.29, 1.82) is 0 Å². The highest BCUT2D eigenvalue weighted by Crippen LogP contribution is 2.04. The lowest BCUT2D eigenvalue weighted by atomic mass is 10.1. The standard InChI is InChI=1S/C7H16N2O4S2/c1-14(10,11)6-15(12,13)9-7-3-2-4-8-5-7/h7-9H,2-6H2,1H3/t7-/m1/s1. The van der Waals surface area contributed by atoms with Crippen molar-refractivity contribution in [3.05, 3.63) is 0 Å². The first kappa shape index (κ1) is 12.9. The highest BCUT2D eigenvalue weighted by Gasteiger charge is 2.23. The summed E-state index contributed by atoms with van der Waals surface area (Å²) in [6, 6.07) is -0.189.